The van der Waals surface area contributed by atoms with Gasteiger partial charge in [0.15, 0.2) is 5.72 Å². The minimum atomic E-state index is -0.517. The number of rotatable bonds is 3. The average Bonchev–Trinajstić information content (AvgIpc) is 3.16. The maximum atomic E-state index is 6.54. The van der Waals surface area contributed by atoms with Gasteiger partial charge in [0.05, 0.1) is 11.8 Å². The first-order chi connectivity index (χ1) is 13.2. The van der Waals surface area contributed by atoms with Crippen LogP contribution in [0.2, 0.25) is 0 Å². The molecule has 0 amide bonds. The Labute approximate surface area is 159 Å². The van der Waals surface area contributed by atoms with Gasteiger partial charge in [-0.2, -0.15) is 5.10 Å². The molecule has 0 bridgehead atoms. The van der Waals surface area contributed by atoms with E-state index in [-0.39, 0.29) is 6.04 Å². The molecule has 27 heavy (non-hydrogen) atoms. The van der Waals surface area contributed by atoms with Gasteiger partial charge < -0.3 is 4.74 Å². The molecule has 3 nitrogen and oxygen atoms in total. The van der Waals surface area contributed by atoms with Gasteiger partial charge in [-0.15, -0.1) is 0 Å². The number of nitrogens with zero attached hydrogens (tertiary/aromatic N) is 2. The Balaban J connectivity index is 1.58. The highest BCUT2D eigenvalue weighted by molar-refractivity contribution is 6.01. The molecule has 5 rings (SSSR count). The lowest BCUT2D eigenvalue weighted by Crippen LogP contribution is -2.52. The molecule has 3 aromatic rings. The van der Waals surface area contributed by atoms with E-state index < -0.39 is 5.72 Å². The standard InChI is InChI=1S/C24H22N2O/c1-24(17-18-10-4-2-5-11-18)26-22(20-14-8-9-15-23(20)27-24)16-21(25-26)19-12-6-3-7-13-19/h2-15,22H,16-17H2,1H3/t22-,24+/m1/s1. The fourth-order valence-corrected chi connectivity index (χ4v) is 4.22. The van der Waals surface area contributed by atoms with Crippen LogP contribution in [0.15, 0.2) is 90.0 Å². The highest BCUT2D eigenvalue weighted by Crippen LogP contribution is 2.47. The first kappa shape index (κ1) is 16.1. The molecule has 0 N–H and O–H groups in total. The lowest BCUT2D eigenvalue weighted by atomic mass is 9.93. The van der Waals surface area contributed by atoms with Crippen LogP contribution in [-0.4, -0.2) is 16.4 Å². The summed E-state index contributed by atoms with van der Waals surface area (Å²) in [5.74, 6) is 0.974. The van der Waals surface area contributed by atoms with Crippen molar-refractivity contribution in [2.75, 3.05) is 0 Å². The third kappa shape index (κ3) is 2.80. The summed E-state index contributed by atoms with van der Waals surface area (Å²) in [6.07, 6.45) is 1.68. The molecule has 0 fully saturated rings. The fraction of sp³-hybridized carbons (Fsp3) is 0.208. The highest BCUT2D eigenvalue weighted by atomic mass is 16.5. The normalized spacial score (nSPS) is 23.2. The van der Waals surface area contributed by atoms with E-state index in [1.165, 1.54) is 16.7 Å². The molecule has 0 aliphatic carbocycles. The molecule has 3 aromatic carbocycles. The lowest BCUT2D eigenvalue weighted by molar-refractivity contribution is -0.105. The van der Waals surface area contributed by atoms with E-state index >= 15 is 0 Å². The Morgan fingerprint density at radius 3 is 2.37 bits per heavy atom. The zero-order chi connectivity index (χ0) is 18.3. The lowest BCUT2D eigenvalue weighted by Gasteiger charge is -2.46. The Kier molecular flexibility index (Phi) is 3.75. The van der Waals surface area contributed by atoms with Crippen molar-refractivity contribution in [1.29, 1.82) is 0 Å². The SMILES string of the molecule is C[C@@]1(Cc2ccccc2)Oc2ccccc2[C@H]2CC(c3ccccc3)=NN21. The van der Waals surface area contributed by atoms with Crippen LogP contribution in [0.4, 0.5) is 0 Å². The number of hydrogen-bond acceptors (Lipinski definition) is 3. The van der Waals surface area contributed by atoms with Crippen LogP contribution in [0.3, 0.4) is 0 Å². The average molecular weight is 354 g/mol. The van der Waals surface area contributed by atoms with Gasteiger partial charge in [0, 0.05) is 18.4 Å². The Hall–Kier alpha value is -3.07. The monoisotopic (exact) mass is 354 g/mol. The van der Waals surface area contributed by atoms with Crippen molar-refractivity contribution in [2.45, 2.75) is 31.5 Å². The van der Waals surface area contributed by atoms with Crippen LogP contribution in [-0.2, 0) is 6.42 Å². The second-order valence-corrected chi connectivity index (χ2v) is 7.45. The summed E-state index contributed by atoms with van der Waals surface area (Å²) in [5.41, 5.74) is 4.27. The third-order valence-corrected chi connectivity index (χ3v) is 5.48. The molecule has 2 atom stereocenters. The molecule has 3 heteroatoms. The molecule has 0 saturated carbocycles. The molecule has 0 aromatic heterocycles. The molecule has 2 aliphatic heterocycles. The molecule has 0 saturated heterocycles. The van der Waals surface area contributed by atoms with Gasteiger partial charge in [0.25, 0.3) is 0 Å². The van der Waals surface area contributed by atoms with Crippen molar-refractivity contribution in [3.8, 4) is 5.75 Å². The van der Waals surface area contributed by atoms with E-state index in [0.29, 0.717) is 0 Å². The molecule has 0 spiro atoms. The van der Waals surface area contributed by atoms with Crippen molar-refractivity contribution in [2.24, 2.45) is 5.10 Å². The van der Waals surface area contributed by atoms with Gasteiger partial charge in [0.1, 0.15) is 5.75 Å². The zero-order valence-electron chi connectivity index (χ0n) is 15.4. The summed E-state index contributed by atoms with van der Waals surface area (Å²) in [4.78, 5) is 0. The molecule has 0 radical (unpaired) electrons. The van der Waals surface area contributed by atoms with Gasteiger partial charge >= 0.3 is 0 Å². The van der Waals surface area contributed by atoms with E-state index in [1.807, 2.05) is 18.2 Å². The topological polar surface area (TPSA) is 24.8 Å². The van der Waals surface area contributed by atoms with Crippen molar-refractivity contribution < 1.29 is 4.74 Å². The number of hydrogen-bond donors (Lipinski definition) is 0. The van der Waals surface area contributed by atoms with Crippen molar-refractivity contribution in [3.05, 3.63) is 102 Å². The van der Waals surface area contributed by atoms with Crippen LogP contribution < -0.4 is 4.74 Å². The maximum absolute atomic E-state index is 6.54. The fourth-order valence-electron chi connectivity index (χ4n) is 4.22. The van der Waals surface area contributed by atoms with Gasteiger partial charge in [-0.3, -0.25) is 0 Å². The minimum absolute atomic E-state index is 0.207. The predicted molar refractivity (Wildman–Crippen MR) is 108 cm³/mol. The molecule has 134 valence electrons. The number of ether oxygens (including phenoxy) is 1. The van der Waals surface area contributed by atoms with Crippen LogP contribution in [0.1, 0.15) is 36.1 Å². The smallest absolute Gasteiger partial charge is 0.199 e. The van der Waals surface area contributed by atoms with Gasteiger partial charge in [-0.25, -0.2) is 5.01 Å². The van der Waals surface area contributed by atoms with Gasteiger partial charge in [-0.1, -0.05) is 78.9 Å². The molecular formula is C24H22N2O. The number of para-hydroxylation sites is 1. The Morgan fingerprint density at radius 2 is 1.59 bits per heavy atom. The van der Waals surface area contributed by atoms with E-state index in [0.717, 1.165) is 24.3 Å². The highest BCUT2D eigenvalue weighted by Gasteiger charge is 2.47. The van der Waals surface area contributed by atoms with Crippen molar-refractivity contribution in [1.82, 2.24) is 5.01 Å². The third-order valence-electron chi connectivity index (χ3n) is 5.48. The number of hydrazone groups is 1. The summed E-state index contributed by atoms with van der Waals surface area (Å²) < 4.78 is 6.54. The van der Waals surface area contributed by atoms with E-state index in [4.69, 9.17) is 9.84 Å². The maximum Gasteiger partial charge on any atom is 0.199 e. The van der Waals surface area contributed by atoms with Crippen LogP contribution in [0.25, 0.3) is 0 Å². The van der Waals surface area contributed by atoms with Gasteiger partial charge in [-0.05, 0) is 24.1 Å². The molecule has 0 unspecified atom stereocenters. The van der Waals surface area contributed by atoms with Crippen molar-refractivity contribution >= 4 is 5.71 Å². The van der Waals surface area contributed by atoms with E-state index in [1.54, 1.807) is 0 Å². The van der Waals surface area contributed by atoms with Crippen LogP contribution in [0, 0.1) is 0 Å². The summed E-state index contributed by atoms with van der Waals surface area (Å²) in [6, 6.07) is 29.6. The Morgan fingerprint density at radius 1 is 0.926 bits per heavy atom. The largest absolute Gasteiger partial charge is 0.466 e. The first-order valence-electron chi connectivity index (χ1n) is 9.47. The summed E-state index contributed by atoms with van der Waals surface area (Å²) in [5, 5.41) is 7.24. The van der Waals surface area contributed by atoms with Gasteiger partial charge in [0.2, 0.25) is 0 Å². The van der Waals surface area contributed by atoms with Crippen molar-refractivity contribution in [3.63, 3.8) is 0 Å². The quantitative estimate of drug-likeness (QED) is 0.647. The molecule has 2 heterocycles. The number of benzene rings is 3. The van der Waals surface area contributed by atoms with E-state index in [2.05, 4.69) is 78.7 Å². The first-order valence-corrected chi connectivity index (χ1v) is 9.47. The second kappa shape index (κ2) is 6.27. The number of fused-ring (bicyclic) bond motifs is 3. The second-order valence-electron chi connectivity index (χ2n) is 7.45. The Bertz CT molecular complexity index is 984. The molecular weight excluding hydrogens is 332 g/mol. The summed E-state index contributed by atoms with van der Waals surface area (Å²) in [6.45, 7) is 2.15. The predicted octanol–water partition coefficient (Wildman–Crippen LogP) is 5.19. The summed E-state index contributed by atoms with van der Waals surface area (Å²) >= 11 is 0. The van der Waals surface area contributed by atoms with Crippen LogP contribution >= 0.6 is 0 Å². The molecule has 2 aliphatic rings. The van der Waals surface area contributed by atoms with E-state index in [9.17, 15) is 0 Å². The van der Waals surface area contributed by atoms with Crippen LogP contribution in [0.5, 0.6) is 5.75 Å². The summed E-state index contributed by atoms with van der Waals surface area (Å²) in [7, 11) is 0. The minimum Gasteiger partial charge on any atom is -0.466 e. The zero-order valence-corrected chi connectivity index (χ0v) is 15.4.